The molecule has 0 amide bonds. The summed E-state index contributed by atoms with van der Waals surface area (Å²) in [6.45, 7) is 0. The predicted molar refractivity (Wildman–Crippen MR) is 293 cm³/mol. The lowest BCUT2D eigenvalue weighted by Crippen LogP contribution is -2.11. The van der Waals surface area contributed by atoms with Crippen LogP contribution >= 0.6 is 0 Å². The van der Waals surface area contributed by atoms with Gasteiger partial charge < -0.3 is 18.8 Å². The number of fused-ring (bicyclic) bond motifs is 9. The number of benzene rings is 12. The molecule has 14 rings (SSSR count). The van der Waals surface area contributed by atoms with E-state index in [0.717, 1.165) is 61.9 Å². The van der Waals surface area contributed by atoms with Crippen LogP contribution in [-0.2, 0) is 0 Å². The number of nitrogens with zero attached hydrogens (tertiary/aromatic N) is 4. The fourth-order valence-electron chi connectivity index (χ4n) is 10.7. The molecule has 0 saturated carbocycles. The Morgan fingerprint density at radius 3 is 1.51 bits per heavy atom. The molecule has 0 bridgehead atoms. The standard InChI is InChI=1S/C65H42N4O/c1-2-18-48(19-3-1)69-62-24-10-8-22-57(62)58-42-52(36-39-63(58)69)68(61-26-13-17-44-15-5-7-21-56(44)61)51-35-38-54-47(41-51)29-28-46-40-50(34-37-53(46)54)67(60-25-12-16-43-14-4-6-20-55(43)60)49-32-30-45(31-33-49)65-66-59-23-9-11-27-64(59)70-65/h1-42H. The molecule has 0 unspecified atom stereocenters. The van der Waals surface area contributed by atoms with Crippen molar-refractivity contribution in [3.8, 4) is 17.1 Å². The van der Waals surface area contributed by atoms with E-state index in [1.165, 1.54) is 59.5 Å². The van der Waals surface area contributed by atoms with Crippen molar-refractivity contribution in [2.45, 2.75) is 0 Å². The maximum Gasteiger partial charge on any atom is 0.227 e. The first-order chi connectivity index (χ1) is 34.7. The van der Waals surface area contributed by atoms with Gasteiger partial charge in [0.15, 0.2) is 5.58 Å². The van der Waals surface area contributed by atoms with Gasteiger partial charge in [0.2, 0.25) is 5.89 Å². The minimum atomic E-state index is 0.610. The van der Waals surface area contributed by atoms with Crippen LogP contribution in [0.2, 0.25) is 0 Å². The summed E-state index contributed by atoms with van der Waals surface area (Å²) in [5.41, 5.74) is 12.6. The van der Waals surface area contributed by atoms with E-state index in [9.17, 15) is 0 Å². The Kier molecular flexibility index (Phi) is 9.14. The molecule has 0 aliphatic heterocycles. The van der Waals surface area contributed by atoms with E-state index in [-0.39, 0.29) is 0 Å². The Balaban J connectivity index is 0.897. The lowest BCUT2D eigenvalue weighted by Gasteiger charge is -2.28. The molecular weight excluding hydrogens is 853 g/mol. The second-order valence-electron chi connectivity index (χ2n) is 18.0. The van der Waals surface area contributed by atoms with Crippen LogP contribution in [0.3, 0.4) is 0 Å². The van der Waals surface area contributed by atoms with Crippen molar-refractivity contribution in [2.75, 3.05) is 9.80 Å². The van der Waals surface area contributed by atoms with Crippen molar-refractivity contribution in [1.82, 2.24) is 9.55 Å². The SMILES string of the molecule is c1ccc(-n2c3ccccc3c3cc(N(c4ccc5c(ccc6cc(N(c7ccc(-c8nc9ccccc9o8)cc7)c7cccc8ccccc78)ccc65)c4)c4cccc5ccccc45)ccc32)cc1. The van der Waals surface area contributed by atoms with Crippen molar-refractivity contribution in [2.24, 2.45) is 0 Å². The maximum absolute atomic E-state index is 6.16. The second kappa shape index (κ2) is 16.1. The van der Waals surface area contributed by atoms with Crippen LogP contribution in [0.5, 0.6) is 0 Å². The fourth-order valence-corrected chi connectivity index (χ4v) is 10.7. The highest BCUT2D eigenvalue weighted by Crippen LogP contribution is 2.45. The Labute approximate surface area is 403 Å². The van der Waals surface area contributed by atoms with Gasteiger partial charge in [-0.25, -0.2) is 4.98 Å². The van der Waals surface area contributed by atoms with Crippen LogP contribution in [0, 0.1) is 0 Å². The first-order valence-electron chi connectivity index (χ1n) is 23.8. The molecule has 0 N–H and O–H groups in total. The molecule has 12 aromatic carbocycles. The summed E-state index contributed by atoms with van der Waals surface area (Å²) < 4.78 is 8.54. The zero-order valence-electron chi connectivity index (χ0n) is 37.9. The van der Waals surface area contributed by atoms with Gasteiger partial charge in [-0.3, -0.25) is 0 Å². The molecule has 0 spiro atoms. The number of anilines is 6. The quantitative estimate of drug-likeness (QED) is 0.142. The minimum absolute atomic E-state index is 0.610. The second-order valence-corrected chi connectivity index (χ2v) is 18.0. The van der Waals surface area contributed by atoms with Crippen LogP contribution in [0.1, 0.15) is 0 Å². The maximum atomic E-state index is 6.16. The summed E-state index contributed by atoms with van der Waals surface area (Å²) in [6, 6.07) is 91.6. The number of oxazole rings is 1. The highest BCUT2D eigenvalue weighted by Gasteiger charge is 2.21. The summed E-state index contributed by atoms with van der Waals surface area (Å²) in [5, 5.41) is 11.9. The minimum Gasteiger partial charge on any atom is -0.436 e. The third-order valence-corrected chi connectivity index (χ3v) is 13.9. The molecule has 2 aromatic heterocycles. The summed E-state index contributed by atoms with van der Waals surface area (Å²) in [5.74, 6) is 0.610. The lowest BCUT2D eigenvalue weighted by molar-refractivity contribution is 0.620. The van der Waals surface area contributed by atoms with Crippen LogP contribution in [0.4, 0.5) is 34.1 Å². The number of hydrogen-bond donors (Lipinski definition) is 0. The van der Waals surface area contributed by atoms with Gasteiger partial charge in [0.05, 0.1) is 22.4 Å². The number of aromatic nitrogens is 2. The van der Waals surface area contributed by atoms with E-state index >= 15 is 0 Å². The molecular formula is C65H42N4O. The van der Waals surface area contributed by atoms with Gasteiger partial charge >= 0.3 is 0 Å². The Morgan fingerprint density at radius 1 is 0.329 bits per heavy atom. The predicted octanol–water partition coefficient (Wildman–Crippen LogP) is 18.1. The number of hydrogen-bond acceptors (Lipinski definition) is 4. The van der Waals surface area contributed by atoms with E-state index in [2.05, 4.69) is 245 Å². The van der Waals surface area contributed by atoms with E-state index in [1.54, 1.807) is 0 Å². The average Bonchev–Trinajstić information content (AvgIpc) is 4.01. The molecule has 328 valence electrons. The normalized spacial score (nSPS) is 11.7. The molecule has 0 aliphatic carbocycles. The molecule has 2 heterocycles. The number of rotatable bonds is 8. The monoisotopic (exact) mass is 894 g/mol. The summed E-state index contributed by atoms with van der Waals surface area (Å²) in [6.07, 6.45) is 0. The van der Waals surface area contributed by atoms with Crippen LogP contribution < -0.4 is 9.80 Å². The van der Waals surface area contributed by atoms with E-state index < -0.39 is 0 Å². The average molecular weight is 895 g/mol. The molecule has 5 nitrogen and oxygen atoms in total. The molecule has 0 fully saturated rings. The van der Waals surface area contributed by atoms with Crippen molar-refractivity contribution in [1.29, 1.82) is 0 Å². The highest BCUT2D eigenvalue weighted by molar-refractivity contribution is 6.13. The van der Waals surface area contributed by atoms with E-state index in [1.807, 2.05) is 24.3 Å². The summed E-state index contributed by atoms with van der Waals surface area (Å²) in [7, 11) is 0. The first-order valence-corrected chi connectivity index (χ1v) is 23.8. The molecule has 0 saturated heterocycles. The lowest BCUT2D eigenvalue weighted by atomic mass is 9.99. The molecule has 70 heavy (non-hydrogen) atoms. The summed E-state index contributed by atoms with van der Waals surface area (Å²) >= 11 is 0. The molecule has 5 heteroatoms. The Morgan fingerprint density at radius 2 is 0.843 bits per heavy atom. The van der Waals surface area contributed by atoms with Gasteiger partial charge in [-0.05, 0) is 142 Å². The van der Waals surface area contributed by atoms with Gasteiger partial charge in [0.25, 0.3) is 0 Å². The molecule has 0 aliphatic rings. The summed E-state index contributed by atoms with van der Waals surface area (Å²) in [4.78, 5) is 9.57. The van der Waals surface area contributed by atoms with Crippen LogP contribution in [-0.4, -0.2) is 9.55 Å². The zero-order valence-corrected chi connectivity index (χ0v) is 37.9. The Bertz CT molecular complexity index is 4280. The van der Waals surface area contributed by atoms with Gasteiger partial charge in [-0.1, -0.05) is 146 Å². The number of para-hydroxylation sites is 4. The largest absolute Gasteiger partial charge is 0.436 e. The third kappa shape index (κ3) is 6.51. The van der Waals surface area contributed by atoms with Gasteiger partial charge in [-0.15, -0.1) is 0 Å². The van der Waals surface area contributed by atoms with Crippen molar-refractivity contribution in [3.05, 3.63) is 255 Å². The molecule has 0 radical (unpaired) electrons. The van der Waals surface area contributed by atoms with Crippen LogP contribution in [0.25, 0.3) is 93.1 Å². The van der Waals surface area contributed by atoms with Gasteiger partial charge in [0, 0.05) is 55.5 Å². The van der Waals surface area contributed by atoms with Gasteiger partial charge in [0.1, 0.15) is 5.52 Å². The zero-order chi connectivity index (χ0) is 46.1. The van der Waals surface area contributed by atoms with Crippen LogP contribution in [0.15, 0.2) is 259 Å². The Hall–Kier alpha value is -9.45. The van der Waals surface area contributed by atoms with Gasteiger partial charge in [-0.2, -0.15) is 0 Å². The molecule has 14 aromatic rings. The third-order valence-electron chi connectivity index (χ3n) is 13.9. The smallest absolute Gasteiger partial charge is 0.227 e. The topological polar surface area (TPSA) is 37.4 Å². The molecule has 0 atom stereocenters. The van der Waals surface area contributed by atoms with E-state index in [4.69, 9.17) is 9.40 Å². The van der Waals surface area contributed by atoms with Crippen molar-refractivity contribution >= 4 is 110 Å². The first kappa shape index (κ1) is 39.7. The highest BCUT2D eigenvalue weighted by atomic mass is 16.3. The van der Waals surface area contributed by atoms with Crippen molar-refractivity contribution < 1.29 is 4.42 Å². The van der Waals surface area contributed by atoms with E-state index in [0.29, 0.717) is 5.89 Å². The fraction of sp³-hybridized carbons (Fsp3) is 0. The van der Waals surface area contributed by atoms with Crippen molar-refractivity contribution in [3.63, 3.8) is 0 Å².